The third-order valence-electron chi connectivity index (χ3n) is 6.21. The van der Waals surface area contributed by atoms with Crippen molar-refractivity contribution in [3.63, 3.8) is 0 Å². The van der Waals surface area contributed by atoms with Crippen LogP contribution in [0, 0.1) is 0 Å². The number of nitrogens with one attached hydrogen (secondary N) is 1. The molecule has 182 valence electrons. The van der Waals surface area contributed by atoms with Crippen molar-refractivity contribution >= 4 is 40.4 Å². The third kappa shape index (κ3) is 4.04. The molecule has 1 saturated heterocycles. The first kappa shape index (κ1) is 23.1. The second-order valence-electron chi connectivity index (χ2n) is 8.60. The summed E-state index contributed by atoms with van der Waals surface area (Å²) in [5, 5.41) is 14.1. The molecule has 0 aliphatic carbocycles. The zero-order valence-electron chi connectivity index (χ0n) is 19.8. The van der Waals surface area contributed by atoms with E-state index in [-0.39, 0.29) is 17.2 Å². The Morgan fingerprint density at radius 1 is 1.11 bits per heavy atom. The third-order valence-corrected chi connectivity index (χ3v) is 6.21. The van der Waals surface area contributed by atoms with Gasteiger partial charge >= 0.3 is 0 Å². The topological polar surface area (TPSA) is 112 Å². The number of rotatable bonds is 4. The highest BCUT2D eigenvalue weighted by atomic mass is 16.5. The van der Waals surface area contributed by atoms with Crippen LogP contribution in [0.2, 0.25) is 0 Å². The molecule has 0 saturated carbocycles. The minimum atomic E-state index is -0.942. The molecule has 0 radical (unpaired) electrons. The highest BCUT2D eigenvalue weighted by Crippen LogP contribution is 2.42. The number of amides is 2. The number of aliphatic hydroxyl groups excluding tert-OH is 1. The predicted molar refractivity (Wildman–Crippen MR) is 135 cm³/mol. The molecule has 1 fully saturated rings. The number of nitrogens with zero attached hydrogens (tertiary/aromatic N) is 3. The molecule has 1 unspecified atom stereocenters. The van der Waals surface area contributed by atoms with Crippen LogP contribution in [-0.2, 0) is 14.4 Å². The van der Waals surface area contributed by atoms with Crippen LogP contribution in [-0.4, -0.2) is 47.9 Å². The Bertz CT molecular complexity index is 1390. The lowest BCUT2D eigenvalue weighted by atomic mass is 9.97. The van der Waals surface area contributed by atoms with Crippen LogP contribution in [0.3, 0.4) is 0 Å². The SMILES string of the molecule is CC(=O)Nc1ccc(N2C(=O)C(=O)/C(=C(\O)c3ccc4c(c3)N(C)CCO4)C2c2ccccn2)cc1. The molecular weight excluding hydrogens is 460 g/mol. The molecule has 0 bridgehead atoms. The summed E-state index contributed by atoms with van der Waals surface area (Å²) in [4.78, 5) is 45.7. The molecule has 5 rings (SSSR count). The number of likely N-dealkylation sites (N-methyl/N-ethyl adjacent to an activating group) is 1. The van der Waals surface area contributed by atoms with E-state index in [1.165, 1.54) is 11.8 Å². The molecule has 2 amide bonds. The average Bonchev–Trinajstić information content (AvgIpc) is 3.14. The number of Topliss-reactive ketones (excluding diaryl/α,β-unsaturated/α-hetero) is 1. The van der Waals surface area contributed by atoms with E-state index in [1.807, 2.05) is 11.9 Å². The monoisotopic (exact) mass is 484 g/mol. The van der Waals surface area contributed by atoms with Crippen LogP contribution in [0.25, 0.3) is 5.76 Å². The maximum atomic E-state index is 13.3. The summed E-state index contributed by atoms with van der Waals surface area (Å²) in [6, 6.07) is 16.0. The lowest BCUT2D eigenvalue weighted by Gasteiger charge is -2.28. The molecule has 0 spiro atoms. The van der Waals surface area contributed by atoms with Gasteiger partial charge in [-0.2, -0.15) is 0 Å². The number of fused-ring (bicyclic) bond motifs is 1. The number of ether oxygens (including phenoxy) is 1. The van der Waals surface area contributed by atoms with Crippen molar-refractivity contribution in [3.05, 3.63) is 83.7 Å². The van der Waals surface area contributed by atoms with Crippen LogP contribution in [0.1, 0.15) is 24.2 Å². The maximum Gasteiger partial charge on any atom is 0.300 e. The van der Waals surface area contributed by atoms with Crippen molar-refractivity contribution in [2.45, 2.75) is 13.0 Å². The summed E-state index contributed by atoms with van der Waals surface area (Å²) in [7, 11) is 1.92. The maximum absolute atomic E-state index is 13.3. The Labute approximate surface area is 207 Å². The Kier molecular flexibility index (Phi) is 5.89. The molecule has 3 aromatic rings. The van der Waals surface area contributed by atoms with Gasteiger partial charge < -0.3 is 20.1 Å². The highest BCUT2D eigenvalue weighted by molar-refractivity contribution is 6.51. The van der Waals surface area contributed by atoms with Gasteiger partial charge in [0.05, 0.1) is 23.5 Å². The Morgan fingerprint density at radius 3 is 2.58 bits per heavy atom. The molecule has 1 aromatic heterocycles. The van der Waals surface area contributed by atoms with Gasteiger partial charge in [-0.15, -0.1) is 0 Å². The van der Waals surface area contributed by atoms with Gasteiger partial charge in [-0.25, -0.2) is 0 Å². The Hall–Kier alpha value is -4.66. The highest BCUT2D eigenvalue weighted by Gasteiger charge is 2.47. The number of pyridine rings is 1. The number of carbonyl (C=O) groups excluding carboxylic acids is 3. The van der Waals surface area contributed by atoms with Gasteiger partial charge in [0.25, 0.3) is 11.7 Å². The number of ketones is 1. The minimum Gasteiger partial charge on any atom is -0.507 e. The van der Waals surface area contributed by atoms with Gasteiger partial charge in [0.15, 0.2) is 0 Å². The van der Waals surface area contributed by atoms with Crippen molar-refractivity contribution in [1.29, 1.82) is 0 Å². The minimum absolute atomic E-state index is 0.0519. The molecule has 36 heavy (non-hydrogen) atoms. The summed E-state index contributed by atoms with van der Waals surface area (Å²) in [6.45, 7) is 2.64. The average molecular weight is 485 g/mol. The fourth-order valence-corrected chi connectivity index (χ4v) is 4.48. The fraction of sp³-hybridized carbons (Fsp3) is 0.185. The normalized spacial score (nSPS) is 18.6. The molecule has 1 atom stereocenters. The Balaban J connectivity index is 1.63. The smallest absolute Gasteiger partial charge is 0.300 e. The van der Waals surface area contributed by atoms with Crippen LogP contribution in [0.15, 0.2) is 72.4 Å². The van der Waals surface area contributed by atoms with E-state index in [2.05, 4.69) is 10.3 Å². The zero-order valence-corrected chi connectivity index (χ0v) is 19.8. The first-order valence-electron chi connectivity index (χ1n) is 11.4. The van der Waals surface area contributed by atoms with Crippen molar-refractivity contribution in [1.82, 2.24) is 4.98 Å². The van der Waals surface area contributed by atoms with Crippen LogP contribution in [0.5, 0.6) is 5.75 Å². The van der Waals surface area contributed by atoms with Gasteiger partial charge in [0.1, 0.15) is 24.2 Å². The van der Waals surface area contributed by atoms with Gasteiger partial charge in [-0.05, 0) is 54.6 Å². The van der Waals surface area contributed by atoms with Crippen molar-refractivity contribution in [2.24, 2.45) is 0 Å². The quantitative estimate of drug-likeness (QED) is 0.331. The second-order valence-corrected chi connectivity index (χ2v) is 8.60. The number of aromatic nitrogens is 1. The molecule has 3 heterocycles. The number of hydrogen-bond acceptors (Lipinski definition) is 7. The number of benzene rings is 2. The predicted octanol–water partition coefficient (Wildman–Crippen LogP) is 3.49. The molecule has 2 N–H and O–H groups in total. The van der Waals surface area contributed by atoms with E-state index in [1.54, 1.807) is 66.9 Å². The number of anilines is 3. The molecule has 2 aliphatic rings. The van der Waals surface area contributed by atoms with Gasteiger partial charge in [-0.3, -0.25) is 24.3 Å². The lowest BCUT2D eigenvalue weighted by molar-refractivity contribution is -0.132. The molecular formula is C27H24N4O5. The second kappa shape index (κ2) is 9.18. The summed E-state index contributed by atoms with van der Waals surface area (Å²) >= 11 is 0. The number of aliphatic hydroxyl groups is 1. The van der Waals surface area contributed by atoms with Crippen LogP contribution in [0.4, 0.5) is 17.1 Å². The number of hydrogen-bond donors (Lipinski definition) is 2. The lowest BCUT2D eigenvalue weighted by Crippen LogP contribution is -2.29. The number of carbonyl (C=O) groups is 3. The fourth-order valence-electron chi connectivity index (χ4n) is 4.48. The molecule has 9 heteroatoms. The van der Waals surface area contributed by atoms with Crippen molar-refractivity contribution in [2.75, 3.05) is 35.3 Å². The van der Waals surface area contributed by atoms with Crippen LogP contribution >= 0.6 is 0 Å². The zero-order chi connectivity index (χ0) is 25.4. The van der Waals surface area contributed by atoms with E-state index < -0.39 is 17.7 Å². The van der Waals surface area contributed by atoms with Gasteiger partial charge in [-0.1, -0.05) is 6.07 Å². The first-order chi connectivity index (χ1) is 17.3. The van der Waals surface area contributed by atoms with E-state index in [0.717, 1.165) is 5.69 Å². The van der Waals surface area contributed by atoms with Gasteiger partial charge in [0, 0.05) is 37.1 Å². The van der Waals surface area contributed by atoms with E-state index >= 15 is 0 Å². The van der Waals surface area contributed by atoms with E-state index in [9.17, 15) is 19.5 Å². The summed E-state index contributed by atoms with van der Waals surface area (Å²) in [6.07, 6.45) is 1.57. The van der Waals surface area contributed by atoms with Crippen LogP contribution < -0.4 is 19.9 Å². The summed E-state index contributed by atoms with van der Waals surface area (Å²) < 4.78 is 5.69. The molecule has 9 nitrogen and oxygen atoms in total. The largest absolute Gasteiger partial charge is 0.507 e. The van der Waals surface area contributed by atoms with Crippen molar-refractivity contribution < 1.29 is 24.2 Å². The summed E-state index contributed by atoms with van der Waals surface area (Å²) in [5.41, 5.74) is 2.54. The Morgan fingerprint density at radius 2 is 1.89 bits per heavy atom. The van der Waals surface area contributed by atoms with Gasteiger partial charge in [0.2, 0.25) is 5.91 Å². The van der Waals surface area contributed by atoms with E-state index in [0.29, 0.717) is 41.5 Å². The molecule has 2 aliphatic heterocycles. The standard InChI is InChI=1S/C27H24N4O5/c1-16(32)29-18-7-9-19(10-8-18)31-24(20-5-3-4-12-28-20)23(26(34)27(31)35)25(33)17-6-11-22-21(15-17)30(2)13-14-36-22/h3-12,15,24,33H,13-14H2,1-2H3,(H,29,32)/b25-23-. The van der Waals surface area contributed by atoms with E-state index in [4.69, 9.17) is 4.74 Å². The molecule has 2 aromatic carbocycles. The summed E-state index contributed by atoms with van der Waals surface area (Å²) in [5.74, 6) is -1.42. The first-order valence-corrected chi connectivity index (χ1v) is 11.4. The van der Waals surface area contributed by atoms with Crippen molar-refractivity contribution in [3.8, 4) is 5.75 Å².